The number of aliphatic hydroxyl groups is 4. The molecule has 1 saturated heterocycles. The lowest BCUT2D eigenvalue weighted by Crippen LogP contribution is -2.60. The Morgan fingerprint density at radius 1 is 0.816 bits per heavy atom. The van der Waals surface area contributed by atoms with Gasteiger partial charge < -0.3 is 67.8 Å². The third-order valence-corrected chi connectivity index (χ3v) is 7.66. The van der Waals surface area contributed by atoms with Crippen molar-refractivity contribution in [1.82, 2.24) is 0 Å². The van der Waals surface area contributed by atoms with E-state index in [1.54, 1.807) is 6.07 Å². The molecule has 1 aliphatic heterocycles. The van der Waals surface area contributed by atoms with Crippen LogP contribution in [0.5, 0.6) is 34.5 Å². The number of carboxylic acid groups (broad SMARTS) is 1. The predicted molar refractivity (Wildman–Crippen MR) is 166 cm³/mol. The van der Waals surface area contributed by atoms with Crippen molar-refractivity contribution in [1.29, 1.82) is 0 Å². The molecule has 49 heavy (non-hydrogen) atoms. The van der Waals surface area contributed by atoms with E-state index < -0.39 is 78.9 Å². The van der Waals surface area contributed by atoms with Crippen LogP contribution < -0.4 is 33.8 Å². The third kappa shape index (κ3) is 7.76. The van der Waals surface area contributed by atoms with Crippen molar-refractivity contribution in [2.75, 3.05) is 42.2 Å². The number of aliphatic carboxylic acids is 1. The Labute approximate surface area is 279 Å². The first kappa shape index (κ1) is 37.0. The lowest BCUT2D eigenvalue weighted by molar-refractivity contribution is -0.278. The fourth-order valence-electron chi connectivity index (χ4n) is 5.27. The van der Waals surface area contributed by atoms with Crippen molar-refractivity contribution in [3.63, 3.8) is 0 Å². The second-order valence-electron chi connectivity index (χ2n) is 11.2. The molecule has 1 fully saturated rings. The van der Waals surface area contributed by atoms with Crippen molar-refractivity contribution >= 4 is 22.9 Å². The topological polar surface area (TPSA) is 239 Å². The SMILES string of the molecule is COc1ccc(-c2oc3cc(OC)c(OC)c(OC)c3c(=O)c2O[C@@H]2O[C@H](COC(=O)CC(C)(O)CC(=O)O)[C@@H](O)[C@H](O)[C@H]2O)cc1OC. The van der Waals surface area contributed by atoms with Gasteiger partial charge in [-0.15, -0.1) is 0 Å². The summed E-state index contributed by atoms with van der Waals surface area (Å²) in [5, 5.41) is 51.2. The van der Waals surface area contributed by atoms with E-state index in [2.05, 4.69) is 0 Å². The van der Waals surface area contributed by atoms with Crippen molar-refractivity contribution in [3.05, 3.63) is 34.5 Å². The monoisotopic (exact) mass is 694 g/mol. The van der Waals surface area contributed by atoms with E-state index >= 15 is 0 Å². The number of methoxy groups -OCH3 is 5. The number of ether oxygens (including phenoxy) is 8. The second kappa shape index (κ2) is 15.2. The lowest BCUT2D eigenvalue weighted by Gasteiger charge is -2.40. The van der Waals surface area contributed by atoms with Gasteiger partial charge in [0.1, 0.15) is 42.0 Å². The maximum Gasteiger partial charge on any atom is 0.308 e. The molecular formula is C32H38O17. The number of esters is 1. The van der Waals surface area contributed by atoms with Crippen LogP contribution in [-0.4, -0.2) is 116 Å². The summed E-state index contributed by atoms with van der Waals surface area (Å²) in [7, 11) is 6.83. The van der Waals surface area contributed by atoms with Crippen molar-refractivity contribution in [2.24, 2.45) is 0 Å². The molecule has 4 rings (SSSR count). The number of carbonyl (C=O) groups is 2. The fourth-order valence-corrected chi connectivity index (χ4v) is 5.27. The molecule has 0 radical (unpaired) electrons. The van der Waals surface area contributed by atoms with Crippen molar-refractivity contribution in [2.45, 2.75) is 56.1 Å². The van der Waals surface area contributed by atoms with Crippen LogP contribution in [-0.2, 0) is 19.1 Å². The zero-order chi connectivity index (χ0) is 36.2. The molecule has 268 valence electrons. The second-order valence-corrected chi connectivity index (χ2v) is 11.2. The standard InChI is InChI=1S/C32H38O17/c1-32(40,11-20(33)34)12-21(35)46-13-19-23(36)25(38)26(39)31(48-19)49-30-24(37)22-17(10-18(43-4)28(44-5)29(22)45-6)47-27(30)14-7-8-15(41-2)16(9-14)42-3/h7-10,19,23,25-26,31,36,38-40H,11-13H2,1-6H3,(H,33,34)/t19-,23-,25+,26-,31+,32?/m1/s1. The maximum absolute atomic E-state index is 14.3. The summed E-state index contributed by atoms with van der Waals surface area (Å²) < 4.78 is 50.0. The number of rotatable bonds is 14. The van der Waals surface area contributed by atoms with Gasteiger partial charge in [-0.05, 0) is 25.1 Å². The van der Waals surface area contributed by atoms with Crippen LogP contribution >= 0.6 is 0 Å². The van der Waals surface area contributed by atoms with Gasteiger partial charge in [-0.25, -0.2) is 0 Å². The first-order valence-corrected chi connectivity index (χ1v) is 14.7. The van der Waals surface area contributed by atoms with Gasteiger partial charge in [0.15, 0.2) is 28.8 Å². The van der Waals surface area contributed by atoms with E-state index in [1.807, 2.05) is 0 Å². The van der Waals surface area contributed by atoms with Gasteiger partial charge in [-0.3, -0.25) is 14.4 Å². The summed E-state index contributed by atoms with van der Waals surface area (Å²) in [6, 6.07) is 5.97. The quantitative estimate of drug-likeness (QED) is 0.147. The minimum atomic E-state index is -1.95. The summed E-state index contributed by atoms with van der Waals surface area (Å²) in [6.45, 7) is 0.413. The summed E-state index contributed by atoms with van der Waals surface area (Å²) in [4.78, 5) is 37.6. The summed E-state index contributed by atoms with van der Waals surface area (Å²) in [5.74, 6) is -2.32. The Morgan fingerprint density at radius 2 is 1.47 bits per heavy atom. The normalized spacial score (nSPS) is 21.7. The van der Waals surface area contributed by atoms with E-state index in [9.17, 15) is 34.8 Å². The Balaban J connectivity index is 1.79. The highest BCUT2D eigenvalue weighted by atomic mass is 16.7. The Morgan fingerprint density at radius 3 is 2.06 bits per heavy atom. The highest BCUT2D eigenvalue weighted by molar-refractivity contribution is 5.92. The van der Waals surface area contributed by atoms with Crippen LogP contribution in [0.15, 0.2) is 33.5 Å². The summed E-state index contributed by atoms with van der Waals surface area (Å²) >= 11 is 0. The number of benzene rings is 2. The van der Waals surface area contributed by atoms with Crippen molar-refractivity contribution < 1.29 is 77.4 Å². The van der Waals surface area contributed by atoms with Crippen LogP contribution in [0.2, 0.25) is 0 Å². The first-order valence-electron chi connectivity index (χ1n) is 14.7. The molecule has 0 spiro atoms. The Bertz CT molecular complexity index is 1730. The minimum Gasteiger partial charge on any atom is -0.493 e. The maximum atomic E-state index is 14.3. The highest BCUT2D eigenvalue weighted by Gasteiger charge is 2.46. The molecular weight excluding hydrogens is 656 g/mol. The molecule has 2 heterocycles. The number of hydrogen-bond donors (Lipinski definition) is 5. The van der Waals surface area contributed by atoms with Crippen LogP contribution in [0.4, 0.5) is 0 Å². The average molecular weight is 695 g/mol. The predicted octanol–water partition coefficient (Wildman–Crippen LogP) is 0.848. The molecule has 1 unspecified atom stereocenters. The van der Waals surface area contributed by atoms with Gasteiger partial charge >= 0.3 is 11.9 Å². The molecule has 17 heteroatoms. The van der Waals surface area contributed by atoms with Gasteiger partial charge in [0, 0.05) is 11.6 Å². The van der Waals surface area contributed by atoms with E-state index in [0.717, 1.165) is 6.92 Å². The zero-order valence-electron chi connectivity index (χ0n) is 27.5. The lowest BCUT2D eigenvalue weighted by atomic mass is 9.98. The minimum absolute atomic E-state index is 0.0132. The first-order chi connectivity index (χ1) is 23.2. The molecule has 17 nitrogen and oxygen atoms in total. The van der Waals surface area contributed by atoms with Gasteiger partial charge in [0.25, 0.3) is 0 Å². The molecule has 0 amide bonds. The number of carboxylic acids is 1. The van der Waals surface area contributed by atoms with Crippen molar-refractivity contribution in [3.8, 4) is 45.8 Å². The molecule has 0 aliphatic carbocycles. The Kier molecular flexibility index (Phi) is 11.5. The van der Waals surface area contributed by atoms with Gasteiger partial charge in [0.05, 0.1) is 54.0 Å². The van der Waals surface area contributed by atoms with Gasteiger partial charge in [-0.2, -0.15) is 0 Å². The van der Waals surface area contributed by atoms with Gasteiger partial charge in [-0.1, -0.05) is 0 Å². The molecule has 5 N–H and O–H groups in total. The van der Waals surface area contributed by atoms with E-state index in [0.29, 0.717) is 5.75 Å². The van der Waals surface area contributed by atoms with E-state index in [-0.39, 0.29) is 45.3 Å². The third-order valence-electron chi connectivity index (χ3n) is 7.66. The van der Waals surface area contributed by atoms with Gasteiger partial charge in [0.2, 0.25) is 23.2 Å². The molecule has 6 atom stereocenters. The number of aliphatic hydroxyl groups excluding tert-OH is 3. The van der Waals surface area contributed by atoms with Crippen LogP contribution in [0.25, 0.3) is 22.3 Å². The molecule has 1 aliphatic rings. The van der Waals surface area contributed by atoms with E-state index in [1.165, 1.54) is 53.7 Å². The van der Waals surface area contributed by atoms with Crippen LogP contribution in [0.1, 0.15) is 19.8 Å². The summed E-state index contributed by atoms with van der Waals surface area (Å²) in [6.07, 6.45) is -10.5. The van der Waals surface area contributed by atoms with Crippen LogP contribution in [0.3, 0.4) is 0 Å². The van der Waals surface area contributed by atoms with E-state index in [4.69, 9.17) is 47.4 Å². The number of carbonyl (C=O) groups excluding carboxylic acids is 1. The largest absolute Gasteiger partial charge is 0.493 e. The highest BCUT2D eigenvalue weighted by Crippen LogP contribution is 2.45. The summed E-state index contributed by atoms with van der Waals surface area (Å²) in [5.41, 5.74) is -2.54. The smallest absolute Gasteiger partial charge is 0.308 e. The average Bonchev–Trinajstić information content (AvgIpc) is 3.06. The number of hydrogen-bond acceptors (Lipinski definition) is 16. The zero-order valence-corrected chi connectivity index (χ0v) is 27.5. The molecule has 3 aromatic rings. The molecule has 2 aromatic carbocycles. The fraction of sp³-hybridized carbons (Fsp3) is 0.469. The molecule has 0 saturated carbocycles. The molecule has 1 aromatic heterocycles. The molecule has 0 bridgehead atoms. The van der Waals surface area contributed by atoms with Crippen LogP contribution in [0, 0.1) is 0 Å². The Hall–Kier alpha value is -4.81. The number of fused-ring (bicyclic) bond motifs is 1.